The van der Waals surface area contributed by atoms with Crippen LogP contribution >= 0.6 is 15.9 Å². The molecule has 4 nitrogen and oxygen atoms in total. The molecule has 0 saturated carbocycles. The normalized spacial score (nSPS) is 16.2. The molecule has 0 aliphatic carbocycles. The lowest BCUT2D eigenvalue weighted by Gasteiger charge is -2.21. The summed E-state index contributed by atoms with van der Waals surface area (Å²) >= 11 is 3.48. The topological polar surface area (TPSA) is 45.0 Å². The highest BCUT2D eigenvalue weighted by molar-refractivity contribution is 9.11. The molecular formula is C27H17BrF3N3O. The summed E-state index contributed by atoms with van der Waals surface area (Å²) in [4.78, 5) is 24.4. The van der Waals surface area contributed by atoms with E-state index in [1.165, 1.54) is 12.1 Å². The van der Waals surface area contributed by atoms with Crippen molar-refractivity contribution in [1.29, 1.82) is 0 Å². The molecule has 0 aromatic heterocycles. The zero-order valence-electron chi connectivity index (χ0n) is 18.1. The fourth-order valence-electron chi connectivity index (χ4n) is 3.97. The first-order chi connectivity index (χ1) is 16.8. The first-order valence-corrected chi connectivity index (χ1v) is 11.5. The molecular weight excluding hydrogens is 519 g/mol. The van der Waals surface area contributed by atoms with E-state index < -0.39 is 17.6 Å². The van der Waals surface area contributed by atoms with Crippen molar-refractivity contribution in [1.82, 2.24) is 4.90 Å². The van der Waals surface area contributed by atoms with E-state index in [9.17, 15) is 18.0 Å². The number of fused-ring (bicyclic) bond motifs is 2. The molecule has 2 aliphatic rings. The minimum absolute atomic E-state index is 0.278. The third kappa shape index (κ3) is 4.74. The predicted molar refractivity (Wildman–Crippen MR) is 133 cm³/mol. The van der Waals surface area contributed by atoms with E-state index in [4.69, 9.17) is 0 Å². The summed E-state index contributed by atoms with van der Waals surface area (Å²) in [5.74, 6) is 0.396. The number of carbonyl (C=O) groups excluding carboxylic acids is 1. The van der Waals surface area contributed by atoms with Crippen LogP contribution in [0.1, 0.15) is 27.0 Å². The number of hydrogen-bond donors (Lipinski definition) is 0. The van der Waals surface area contributed by atoms with Gasteiger partial charge in [-0.05, 0) is 63.0 Å². The van der Waals surface area contributed by atoms with Crippen molar-refractivity contribution >= 4 is 33.5 Å². The van der Waals surface area contributed by atoms with Crippen molar-refractivity contribution in [2.75, 3.05) is 0 Å². The van der Waals surface area contributed by atoms with Crippen LogP contribution in [0.5, 0.6) is 0 Å². The standard InChI is InChI=1S/C27H17BrF3N3O/c28-20-13-14-24-32-25(22-7-2-1-5-18(22)15-34(24)16-20)33-26(35)23-8-4-3-6-21(23)17-9-11-19(12-10-17)27(29,30)31/h1-14,16H,15H2. The van der Waals surface area contributed by atoms with E-state index in [1.807, 2.05) is 47.5 Å². The van der Waals surface area contributed by atoms with Gasteiger partial charge in [0.25, 0.3) is 5.91 Å². The van der Waals surface area contributed by atoms with Crippen LogP contribution in [0.4, 0.5) is 13.2 Å². The molecule has 0 N–H and O–H groups in total. The Morgan fingerprint density at radius 2 is 1.60 bits per heavy atom. The summed E-state index contributed by atoms with van der Waals surface area (Å²) < 4.78 is 39.9. The van der Waals surface area contributed by atoms with Gasteiger partial charge in [-0.3, -0.25) is 4.79 Å². The number of aliphatic imine (C=N–C) groups is 2. The third-order valence-electron chi connectivity index (χ3n) is 5.67. The highest BCUT2D eigenvalue weighted by Gasteiger charge is 2.30. The summed E-state index contributed by atoms with van der Waals surface area (Å²) in [6, 6.07) is 19.1. The largest absolute Gasteiger partial charge is 0.416 e. The molecule has 3 aromatic carbocycles. The van der Waals surface area contributed by atoms with Crippen LogP contribution in [0.3, 0.4) is 0 Å². The van der Waals surface area contributed by atoms with Crippen LogP contribution in [0.2, 0.25) is 0 Å². The Kier molecular flexibility index (Phi) is 5.98. The van der Waals surface area contributed by atoms with Gasteiger partial charge in [0.05, 0.1) is 5.56 Å². The number of halogens is 4. The second-order valence-corrected chi connectivity index (χ2v) is 8.88. The number of rotatable bonds is 2. The molecule has 8 heteroatoms. The Balaban J connectivity index is 1.57. The lowest BCUT2D eigenvalue weighted by molar-refractivity contribution is -0.137. The Morgan fingerprint density at radius 1 is 0.914 bits per heavy atom. The van der Waals surface area contributed by atoms with E-state index in [1.54, 1.807) is 24.3 Å². The number of nitrogens with zero attached hydrogens (tertiary/aromatic N) is 3. The average Bonchev–Trinajstić information content (AvgIpc) is 2.99. The van der Waals surface area contributed by atoms with E-state index in [0.717, 1.165) is 27.7 Å². The van der Waals surface area contributed by atoms with Crippen LogP contribution in [0, 0.1) is 0 Å². The van der Waals surface area contributed by atoms with Gasteiger partial charge in [0.15, 0.2) is 5.84 Å². The smallest absolute Gasteiger partial charge is 0.327 e. The molecule has 0 spiro atoms. The van der Waals surface area contributed by atoms with E-state index in [2.05, 4.69) is 25.9 Å². The van der Waals surface area contributed by atoms with Crippen molar-refractivity contribution in [2.45, 2.75) is 12.7 Å². The zero-order chi connectivity index (χ0) is 24.6. The van der Waals surface area contributed by atoms with Crippen LogP contribution in [-0.4, -0.2) is 22.5 Å². The van der Waals surface area contributed by atoms with Crippen LogP contribution in [0.15, 0.2) is 106 Å². The monoisotopic (exact) mass is 535 g/mol. The van der Waals surface area contributed by atoms with Gasteiger partial charge in [0.1, 0.15) is 5.84 Å². The molecule has 0 saturated heterocycles. The molecule has 0 unspecified atom stereocenters. The van der Waals surface area contributed by atoms with Crippen molar-refractivity contribution in [3.63, 3.8) is 0 Å². The first-order valence-electron chi connectivity index (χ1n) is 10.7. The lowest BCUT2D eigenvalue weighted by atomic mass is 9.98. The Hall–Kier alpha value is -3.78. The zero-order valence-corrected chi connectivity index (χ0v) is 19.7. The molecule has 0 bridgehead atoms. The van der Waals surface area contributed by atoms with Gasteiger partial charge >= 0.3 is 6.18 Å². The van der Waals surface area contributed by atoms with Crippen molar-refractivity contribution in [3.8, 4) is 11.1 Å². The van der Waals surface area contributed by atoms with Crippen LogP contribution < -0.4 is 0 Å². The number of carbonyl (C=O) groups is 1. The Bertz CT molecular complexity index is 1440. The number of benzene rings is 3. The fourth-order valence-corrected chi connectivity index (χ4v) is 4.35. The summed E-state index contributed by atoms with van der Waals surface area (Å²) in [6.07, 6.45) is 1.19. The number of amidine groups is 2. The highest BCUT2D eigenvalue weighted by Crippen LogP contribution is 2.32. The van der Waals surface area contributed by atoms with Gasteiger partial charge in [-0.25, -0.2) is 4.99 Å². The molecule has 2 heterocycles. The van der Waals surface area contributed by atoms with Crippen molar-refractivity contribution in [3.05, 3.63) is 118 Å². The fraction of sp³-hybridized carbons (Fsp3) is 0.0741. The van der Waals surface area contributed by atoms with Crippen LogP contribution in [-0.2, 0) is 12.7 Å². The van der Waals surface area contributed by atoms with Crippen molar-refractivity contribution < 1.29 is 18.0 Å². The molecule has 174 valence electrons. The van der Waals surface area contributed by atoms with Crippen LogP contribution in [0.25, 0.3) is 11.1 Å². The number of alkyl halides is 3. The average molecular weight is 536 g/mol. The number of hydrogen-bond acceptors (Lipinski definition) is 2. The number of amides is 1. The highest BCUT2D eigenvalue weighted by atomic mass is 79.9. The predicted octanol–water partition coefficient (Wildman–Crippen LogP) is 6.98. The maximum absolute atomic E-state index is 13.4. The minimum Gasteiger partial charge on any atom is -0.327 e. The van der Waals surface area contributed by atoms with Gasteiger partial charge in [-0.15, -0.1) is 0 Å². The van der Waals surface area contributed by atoms with Crippen molar-refractivity contribution in [2.24, 2.45) is 9.98 Å². The lowest BCUT2D eigenvalue weighted by Crippen LogP contribution is -2.24. The molecule has 0 fully saturated rings. The maximum Gasteiger partial charge on any atom is 0.416 e. The summed E-state index contributed by atoms with van der Waals surface area (Å²) in [5, 5.41) is 0. The second-order valence-electron chi connectivity index (χ2n) is 7.96. The summed E-state index contributed by atoms with van der Waals surface area (Å²) in [6.45, 7) is 0.559. The molecule has 0 radical (unpaired) electrons. The molecule has 5 rings (SSSR count). The van der Waals surface area contributed by atoms with E-state index in [0.29, 0.717) is 23.5 Å². The maximum atomic E-state index is 13.4. The molecule has 1 amide bonds. The van der Waals surface area contributed by atoms with E-state index in [-0.39, 0.29) is 11.4 Å². The molecule has 0 atom stereocenters. The van der Waals surface area contributed by atoms with Gasteiger partial charge in [-0.2, -0.15) is 18.2 Å². The minimum atomic E-state index is -4.43. The van der Waals surface area contributed by atoms with Gasteiger partial charge in [0, 0.05) is 28.4 Å². The Morgan fingerprint density at radius 3 is 2.34 bits per heavy atom. The molecule has 35 heavy (non-hydrogen) atoms. The van der Waals surface area contributed by atoms with Gasteiger partial charge < -0.3 is 4.90 Å². The SMILES string of the molecule is O=C(N=C1N=C2C=CC(Br)=CN2Cc2ccccc21)c1ccccc1-c1ccc(C(F)(F)F)cc1. The quantitative estimate of drug-likeness (QED) is 0.355. The second kappa shape index (κ2) is 9.11. The van der Waals surface area contributed by atoms with Gasteiger partial charge in [0.2, 0.25) is 0 Å². The van der Waals surface area contributed by atoms with Gasteiger partial charge in [-0.1, -0.05) is 54.6 Å². The summed E-state index contributed by atoms with van der Waals surface area (Å²) in [7, 11) is 0. The third-order valence-corrected chi connectivity index (χ3v) is 6.14. The number of allylic oxidation sites excluding steroid dienone is 2. The molecule has 3 aromatic rings. The molecule has 2 aliphatic heterocycles. The van der Waals surface area contributed by atoms with E-state index >= 15 is 0 Å². The summed E-state index contributed by atoms with van der Waals surface area (Å²) in [5.41, 5.74) is 2.22. The first kappa shape index (κ1) is 23.0. The Labute approximate surface area is 208 Å².